The summed E-state index contributed by atoms with van der Waals surface area (Å²) in [7, 11) is 1.62. The molecule has 0 bridgehead atoms. The van der Waals surface area contributed by atoms with Crippen molar-refractivity contribution >= 4 is 11.3 Å². The Morgan fingerprint density at radius 1 is 1.39 bits per heavy atom. The lowest BCUT2D eigenvalue weighted by Crippen LogP contribution is -2.05. The van der Waals surface area contributed by atoms with Gasteiger partial charge in [0.2, 0.25) is 0 Å². The van der Waals surface area contributed by atoms with E-state index >= 15 is 0 Å². The number of benzene rings is 1. The molecule has 2 N–H and O–H groups in total. The highest BCUT2D eigenvalue weighted by atomic mass is 32.1. The summed E-state index contributed by atoms with van der Waals surface area (Å²) in [6.07, 6.45) is 1.76. The highest BCUT2D eigenvalue weighted by Gasteiger charge is 2.08. The summed E-state index contributed by atoms with van der Waals surface area (Å²) in [5.74, 6) is 1.40. The first kappa shape index (κ1) is 12.9. The molecular formula is C13H16N2O2S. The molecule has 5 heteroatoms. The first-order valence-corrected chi connectivity index (χ1v) is 6.53. The first-order chi connectivity index (χ1) is 8.70. The molecule has 96 valence electrons. The van der Waals surface area contributed by atoms with Crippen molar-refractivity contribution < 1.29 is 9.47 Å². The summed E-state index contributed by atoms with van der Waals surface area (Å²) in [5, 5.41) is 2.86. The van der Waals surface area contributed by atoms with Gasteiger partial charge in [-0.05, 0) is 24.6 Å². The summed E-state index contributed by atoms with van der Waals surface area (Å²) in [6, 6.07) is 5.71. The van der Waals surface area contributed by atoms with Crippen molar-refractivity contribution in [1.82, 2.24) is 4.98 Å². The highest BCUT2D eigenvalue weighted by Crippen LogP contribution is 2.30. The van der Waals surface area contributed by atoms with Crippen LogP contribution in [0.5, 0.6) is 11.5 Å². The van der Waals surface area contributed by atoms with Crippen molar-refractivity contribution in [2.24, 2.45) is 5.73 Å². The van der Waals surface area contributed by atoms with Gasteiger partial charge in [-0.2, -0.15) is 0 Å². The average Bonchev–Trinajstić information content (AvgIpc) is 2.89. The van der Waals surface area contributed by atoms with Crippen LogP contribution >= 0.6 is 11.3 Å². The molecule has 0 amide bonds. The third-order valence-corrected chi connectivity index (χ3v) is 3.30. The summed E-state index contributed by atoms with van der Waals surface area (Å²) in [5.41, 5.74) is 6.86. The van der Waals surface area contributed by atoms with Gasteiger partial charge in [0.15, 0.2) is 11.5 Å². The second-order valence-corrected chi connectivity index (χ2v) is 4.89. The Labute approximate surface area is 110 Å². The molecule has 0 aliphatic rings. The van der Waals surface area contributed by atoms with Crippen molar-refractivity contribution in [2.45, 2.75) is 19.6 Å². The van der Waals surface area contributed by atoms with E-state index in [1.54, 1.807) is 24.6 Å². The molecule has 0 unspecified atom stereocenters. The van der Waals surface area contributed by atoms with E-state index in [0.29, 0.717) is 18.1 Å². The number of nitrogens with zero attached hydrogens (tertiary/aromatic N) is 1. The van der Waals surface area contributed by atoms with E-state index in [1.807, 2.05) is 30.5 Å². The Kier molecular flexibility index (Phi) is 4.17. The second kappa shape index (κ2) is 5.84. The highest BCUT2D eigenvalue weighted by molar-refractivity contribution is 7.09. The van der Waals surface area contributed by atoms with Crippen molar-refractivity contribution in [3.8, 4) is 11.5 Å². The smallest absolute Gasteiger partial charge is 0.161 e. The van der Waals surface area contributed by atoms with E-state index < -0.39 is 0 Å². The fourth-order valence-corrected chi connectivity index (χ4v) is 2.08. The van der Waals surface area contributed by atoms with Crippen molar-refractivity contribution in [3.63, 3.8) is 0 Å². The average molecular weight is 264 g/mol. The molecule has 4 nitrogen and oxygen atoms in total. The number of aromatic nitrogens is 1. The zero-order valence-electron chi connectivity index (χ0n) is 10.4. The lowest BCUT2D eigenvalue weighted by molar-refractivity contribution is 0.284. The van der Waals surface area contributed by atoms with Gasteiger partial charge in [0.25, 0.3) is 0 Å². The Hall–Kier alpha value is -1.59. The number of hydrogen-bond donors (Lipinski definition) is 1. The zero-order valence-corrected chi connectivity index (χ0v) is 11.2. The molecule has 0 aliphatic heterocycles. The minimum absolute atomic E-state index is 0.0214. The van der Waals surface area contributed by atoms with E-state index in [2.05, 4.69) is 4.98 Å². The van der Waals surface area contributed by atoms with Crippen LogP contribution in [0.4, 0.5) is 0 Å². The number of rotatable bonds is 5. The number of ether oxygens (including phenoxy) is 2. The largest absolute Gasteiger partial charge is 0.493 e. The van der Waals surface area contributed by atoms with Gasteiger partial charge in [0, 0.05) is 17.6 Å². The summed E-state index contributed by atoms with van der Waals surface area (Å²) < 4.78 is 11.0. The number of thiazole rings is 1. The molecule has 0 fully saturated rings. The fraction of sp³-hybridized carbons (Fsp3) is 0.308. The molecule has 2 aromatic rings. The fourth-order valence-electron chi connectivity index (χ4n) is 1.55. The van der Waals surface area contributed by atoms with Crippen molar-refractivity contribution in [3.05, 3.63) is 40.3 Å². The third kappa shape index (κ3) is 3.00. The summed E-state index contributed by atoms with van der Waals surface area (Å²) >= 11 is 1.57. The number of methoxy groups -OCH3 is 1. The molecule has 1 heterocycles. The van der Waals surface area contributed by atoms with Gasteiger partial charge in [0.1, 0.15) is 11.6 Å². The number of hydrogen-bond acceptors (Lipinski definition) is 5. The Morgan fingerprint density at radius 2 is 2.22 bits per heavy atom. The molecule has 0 saturated heterocycles. The monoisotopic (exact) mass is 264 g/mol. The topological polar surface area (TPSA) is 57.4 Å². The molecule has 1 aromatic heterocycles. The maximum atomic E-state index is 5.83. The number of nitrogens with two attached hydrogens (primary N) is 1. The Bertz CT molecular complexity index is 498. The maximum absolute atomic E-state index is 5.83. The van der Waals surface area contributed by atoms with Crippen LogP contribution in [-0.2, 0) is 6.61 Å². The Morgan fingerprint density at radius 3 is 2.83 bits per heavy atom. The van der Waals surface area contributed by atoms with Gasteiger partial charge in [0.05, 0.1) is 7.11 Å². The molecule has 0 aliphatic carbocycles. The van der Waals surface area contributed by atoms with Gasteiger partial charge in [-0.15, -0.1) is 11.3 Å². The van der Waals surface area contributed by atoms with Crippen LogP contribution < -0.4 is 15.2 Å². The standard InChI is InChI=1S/C13H16N2O2S/c1-9(14)10-3-4-11(12(7-10)16-2)17-8-13-15-5-6-18-13/h3-7,9H,8,14H2,1-2H3/t9-/m1/s1. The normalized spacial score (nSPS) is 12.2. The maximum Gasteiger partial charge on any atom is 0.161 e. The predicted octanol–water partition coefficient (Wildman–Crippen LogP) is 2.75. The van der Waals surface area contributed by atoms with Crippen LogP contribution in [0.1, 0.15) is 23.5 Å². The zero-order chi connectivity index (χ0) is 13.0. The lowest BCUT2D eigenvalue weighted by atomic mass is 10.1. The van der Waals surface area contributed by atoms with Gasteiger partial charge in [-0.1, -0.05) is 6.07 Å². The SMILES string of the molecule is COc1cc([C@@H](C)N)ccc1OCc1nccs1. The quantitative estimate of drug-likeness (QED) is 0.902. The van der Waals surface area contributed by atoms with Crippen LogP contribution in [-0.4, -0.2) is 12.1 Å². The van der Waals surface area contributed by atoms with Crippen LogP contribution in [0.25, 0.3) is 0 Å². The van der Waals surface area contributed by atoms with Gasteiger partial charge < -0.3 is 15.2 Å². The molecule has 0 radical (unpaired) electrons. The molecule has 2 rings (SSSR count). The first-order valence-electron chi connectivity index (χ1n) is 5.65. The third-order valence-electron chi connectivity index (χ3n) is 2.55. The van der Waals surface area contributed by atoms with E-state index in [4.69, 9.17) is 15.2 Å². The second-order valence-electron chi connectivity index (χ2n) is 3.91. The van der Waals surface area contributed by atoms with E-state index in [9.17, 15) is 0 Å². The summed E-state index contributed by atoms with van der Waals surface area (Å²) in [6.45, 7) is 2.39. The van der Waals surface area contributed by atoms with Gasteiger partial charge in [-0.25, -0.2) is 4.98 Å². The minimum Gasteiger partial charge on any atom is -0.493 e. The van der Waals surface area contributed by atoms with Crippen molar-refractivity contribution in [1.29, 1.82) is 0 Å². The van der Waals surface area contributed by atoms with Gasteiger partial charge in [-0.3, -0.25) is 0 Å². The van der Waals surface area contributed by atoms with Crippen LogP contribution in [0.2, 0.25) is 0 Å². The molecule has 18 heavy (non-hydrogen) atoms. The lowest BCUT2D eigenvalue weighted by Gasteiger charge is -2.12. The van der Waals surface area contributed by atoms with E-state index in [0.717, 1.165) is 10.6 Å². The van der Waals surface area contributed by atoms with E-state index in [1.165, 1.54) is 0 Å². The molecule has 1 atom stereocenters. The van der Waals surface area contributed by atoms with Crippen LogP contribution in [0, 0.1) is 0 Å². The Balaban J connectivity index is 2.12. The molecule has 1 aromatic carbocycles. The van der Waals surface area contributed by atoms with Crippen LogP contribution in [0.3, 0.4) is 0 Å². The van der Waals surface area contributed by atoms with Crippen molar-refractivity contribution in [2.75, 3.05) is 7.11 Å². The molecule has 0 spiro atoms. The summed E-state index contributed by atoms with van der Waals surface area (Å²) in [4.78, 5) is 4.17. The van der Waals surface area contributed by atoms with Crippen LogP contribution in [0.15, 0.2) is 29.8 Å². The predicted molar refractivity (Wildman–Crippen MR) is 72.0 cm³/mol. The van der Waals surface area contributed by atoms with E-state index in [-0.39, 0.29) is 6.04 Å². The van der Waals surface area contributed by atoms with Gasteiger partial charge >= 0.3 is 0 Å². The molecule has 0 saturated carbocycles. The minimum atomic E-state index is -0.0214. The molecular weight excluding hydrogens is 248 g/mol.